The molecule has 1 aliphatic rings. The molecule has 0 aromatic heterocycles. The molecule has 1 aliphatic heterocycles. The molecule has 1 heterocycles. The Morgan fingerprint density at radius 1 is 1.50 bits per heavy atom. The van der Waals surface area contributed by atoms with Crippen molar-refractivity contribution in [2.45, 2.75) is 51.6 Å². The Labute approximate surface area is 97.6 Å². The minimum Gasteiger partial charge on any atom is -0.350 e. The zero-order valence-corrected chi connectivity index (χ0v) is 10.4. The number of piperidine rings is 1. The normalized spacial score (nSPS) is 22.5. The molecule has 4 nitrogen and oxygen atoms in total. The first-order valence-corrected chi connectivity index (χ1v) is 5.87. The molecule has 0 aromatic rings. The van der Waals surface area contributed by atoms with E-state index in [0.717, 1.165) is 25.8 Å². The highest BCUT2D eigenvalue weighted by molar-refractivity contribution is 5.78. The number of amides is 1. The molecule has 1 unspecified atom stereocenters. The minimum absolute atomic E-state index is 0.00894. The van der Waals surface area contributed by atoms with E-state index in [1.807, 2.05) is 25.7 Å². The molecule has 1 rings (SSSR count). The summed E-state index contributed by atoms with van der Waals surface area (Å²) < 4.78 is 0. The van der Waals surface area contributed by atoms with Crippen LogP contribution in [0.3, 0.4) is 0 Å². The highest BCUT2D eigenvalue weighted by Crippen LogP contribution is 2.15. The molecule has 0 radical (unpaired) electrons. The highest BCUT2D eigenvalue weighted by Gasteiger charge is 2.25. The van der Waals surface area contributed by atoms with Gasteiger partial charge in [0.25, 0.3) is 0 Å². The van der Waals surface area contributed by atoms with E-state index >= 15 is 0 Å². The quantitative estimate of drug-likeness (QED) is 0.767. The van der Waals surface area contributed by atoms with Crippen molar-refractivity contribution in [1.29, 1.82) is 5.26 Å². The molecule has 0 spiro atoms. The van der Waals surface area contributed by atoms with E-state index in [1.165, 1.54) is 0 Å². The van der Waals surface area contributed by atoms with Crippen LogP contribution in [-0.2, 0) is 4.79 Å². The van der Waals surface area contributed by atoms with Crippen molar-refractivity contribution in [3.8, 4) is 6.07 Å². The van der Waals surface area contributed by atoms with Crippen molar-refractivity contribution < 1.29 is 4.79 Å². The molecule has 90 valence electrons. The van der Waals surface area contributed by atoms with Crippen LogP contribution in [0, 0.1) is 11.3 Å². The average molecular weight is 223 g/mol. The van der Waals surface area contributed by atoms with Crippen molar-refractivity contribution in [3.63, 3.8) is 0 Å². The second kappa shape index (κ2) is 5.31. The van der Waals surface area contributed by atoms with E-state index in [1.54, 1.807) is 0 Å². The molecule has 1 amide bonds. The highest BCUT2D eigenvalue weighted by atomic mass is 16.2. The summed E-state index contributed by atoms with van der Waals surface area (Å²) in [4.78, 5) is 13.7. The van der Waals surface area contributed by atoms with Gasteiger partial charge in [0.05, 0.1) is 18.7 Å². The van der Waals surface area contributed by atoms with Gasteiger partial charge in [-0.05, 0) is 46.6 Å². The number of nitriles is 1. The summed E-state index contributed by atoms with van der Waals surface area (Å²) in [5.74, 6) is 0.00894. The SMILES string of the molecule is CC(C)(C)NC(=O)CN1CCCCC1C#N. The summed E-state index contributed by atoms with van der Waals surface area (Å²) >= 11 is 0. The lowest BCUT2D eigenvalue weighted by molar-refractivity contribution is -0.124. The molecule has 16 heavy (non-hydrogen) atoms. The first-order valence-electron chi connectivity index (χ1n) is 5.87. The number of nitrogens with zero attached hydrogens (tertiary/aromatic N) is 2. The average Bonchev–Trinajstić information content (AvgIpc) is 2.15. The van der Waals surface area contributed by atoms with Crippen LogP contribution in [0.5, 0.6) is 0 Å². The lowest BCUT2D eigenvalue weighted by Gasteiger charge is -2.31. The van der Waals surface area contributed by atoms with Crippen LogP contribution >= 0.6 is 0 Å². The summed E-state index contributed by atoms with van der Waals surface area (Å²) in [6.07, 6.45) is 3.07. The van der Waals surface area contributed by atoms with Crippen LogP contribution < -0.4 is 5.32 Å². The standard InChI is InChI=1S/C12H21N3O/c1-12(2,3)14-11(16)9-15-7-5-4-6-10(15)8-13/h10H,4-7,9H2,1-3H3,(H,14,16). The van der Waals surface area contributed by atoms with Gasteiger partial charge in [0.1, 0.15) is 0 Å². The van der Waals surface area contributed by atoms with Gasteiger partial charge in [0.15, 0.2) is 0 Å². The van der Waals surface area contributed by atoms with Crippen LogP contribution in [0.1, 0.15) is 40.0 Å². The molecule has 0 aliphatic carbocycles. The summed E-state index contributed by atoms with van der Waals surface area (Å²) in [5, 5.41) is 11.9. The van der Waals surface area contributed by atoms with E-state index in [9.17, 15) is 4.79 Å². The maximum atomic E-state index is 11.7. The topological polar surface area (TPSA) is 56.1 Å². The van der Waals surface area contributed by atoms with E-state index in [0.29, 0.717) is 6.54 Å². The maximum absolute atomic E-state index is 11.7. The van der Waals surface area contributed by atoms with Crippen molar-refractivity contribution in [1.82, 2.24) is 10.2 Å². The summed E-state index contributed by atoms with van der Waals surface area (Å²) in [6.45, 7) is 7.08. The Hall–Kier alpha value is -1.08. The second-order valence-corrected chi connectivity index (χ2v) is 5.41. The molecule has 1 saturated heterocycles. The first-order chi connectivity index (χ1) is 7.42. The van der Waals surface area contributed by atoms with Gasteiger partial charge in [-0.3, -0.25) is 9.69 Å². The monoisotopic (exact) mass is 223 g/mol. The van der Waals surface area contributed by atoms with Crippen LogP contribution in [0.15, 0.2) is 0 Å². The summed E-state index contributed by atoms with van der Waals surface area (Å²) in [7, 11) is 0. The number of hydrogen-bond acceptors (Lipinski definition) is 3. The molecule has 1 atom stereocenters. The van der Waals surface area contributed by atoms with Crippen molar-refractivity contribution in [2.24, 2.45) is 0 Å². The number of carbonyl (C=O) groups excluding carboxylic acids is 1. The van der Waals surface area contributed by atoms with E-state index in [-0.39, 0.29) is 17.5 Å². The third-order valence-electron chi connectivity index (χ3n) is 2.62. The maximum Gasteiger partial charge on any atom is 0.234 e. The van der Waals surface area contributed by atoms with E-state index < -0.39 is 0 Å². The smallest absolute Gasteiger partial charge is 0.234 e. The van der Waals surface area contributed by atoms with Gasteiger partial charge in [0, 0.05) is 5.54 Å². The largest absolute Gasteiger partial charge is 0.350 e. The number of nitrogens with one attached hydrogen (secondary N) is 1. The molecule has 0 aromatic carbocycles. The van der Waals surface area contributed by atoms with Crippen LogP contribution in [0.2, 0.25) is 0 Å². The van der Waals surface area contributed by atoms with Gasteiger partial charge >= 0.3 is 0 Å². The zero-order chi connectivity index (χ0) is 12.2. The first kappa shape index (κ1) is 13.0. The van der Waals surface area contributed by atoms with Crippen LogP contribution in [-0.4, -0.2) is 35.5 Å². The fraction of sp³-hybridized carbons (Fsp3) is 0.833. The number of rotatable bonds is 2. The molecule has 1 N–H and O–H groups in total. The molecule has 0 saturated carbocycles. The molecule has 1 fully saturated rings. The molecule has 4 heteroatoms. The summed E-state index contributed by atoms with van der Waals surface area (Å²) in [6, 6.07) is 2.18. The lowest BCUT2D eigenvalue weighted by Crippen LogP contribution is -2.49. The van der Waals surface area contributed by atoms with Crippen LogP contribution in [0.25, 0.3) is 0 Å². The Bertz CT molecular complexity index is 288. The van der Waals surface area contributed by atoms with Gasteiger partial charge in [-0.1, -0.05) is 0 Å². The number of carbonyl (C=O) groups is 1. The van der Waals surface area contributed by atoms with Crippen molar-refractivity contribution in [3.05, 3.63) is 0 Å². The van der Waals surface area contributed by atoms with Gasteiger partial charge in [-0.25, -0.2) is 0 Å². The van der Waals surface area contributed by atoms with E-state index in [2.05, 4.69) is 11.4 Å². The van der Waals surface area contributed by atoms with Crippen molar-refractivity contribution >= 4 is 5.91 Å². The van der Waals surface area contributed by atoms with Gasteiger partial charge < -0.3 is 5.32 Å². The predicted octanol–water partition coefficient (Wildman–Crippen LogP) is 1.28. The fourth-order valence-electron chi connectivity index (χ4n) is 1.97. The second-order valence-electron chi connectivity index (χ2n) is 5.41. The Kier molecular flexibility index (Phi) is 4.31. The molecular weight excluding hydrogens is 202 g/mol. The Morgan fingerprint density at radius 2 is 2.19 bits per heavy atom. The van der Waals surface area contributed by atoms with Crippen molar-refractivity contribution in [2.75, 3.05) is 13.1 Å². The summed E-state index contributed by atoms with van der Waals surface area (Å²) in [5.41, 5.74) is -0.199. The third-order valence-corrected chi connectivity index (χ3v) is 2.62. The Morgan fingerprint density at radius 3 is 2.75 bits per heavy atom. The molecular formula is C12H21N3O. The predicted molar refractivity (Wildman–Crippen MR) is 62.7 cm³/mol. The van der Waals surface area contributed by atoms with Crippen LogP contribution in [0.4, 0.5) is 0 Å². The minimum atomic E-state index is -0.199. The number of likely N-dealkylation sites (tertiary alicyclic amines) is 1. The third kappa shape index (κ3) is 4.19. The Balaban J connectivity index is 2.46. The van der Waals surface area contributed by atoms with Gasteiger partial charge in [-0.2, -0.15) is 5.26 Å². The fourth-order valence-corrected chi connectivity index (χ4v) is 1.97. The van der Waals surface area contributed by atoms with E-state index in [4.69, 9.17) is 5.26 Å². The van der Waals surface area contributed by atoms with Gasteiger partial charge in [0.2, 0.25) is 5.91 Å². The number of hydrogen-bond donors (Lipinski definition) is 1. The van der Waals surface area contributed by atoms with Gasteiger partial charge in [-0.15, -0.1) is 0 Å². The lowest BCUT2D eigenvalue weighted by atomic mass is 10.0. The molecule has 0 bridgehead atoms. The zero-order valence-electron chi connectivity index (χ0n) is 10.4.